The molecule has 0 aliphatic rings. The SMILES string of the molecule is Brc1ccc(-n2cc(-c3nn[nH]n3)cn2)cc1.Fc1ccc(-n2cc(-c3nn[nH]n3)cn2)cc1. The van der Waals surface area contributed by atoms with Crippen LogP contribution in [0.2, 0.25) is 0 Å². The molecule has 0 atom stereocenters. The molecule has 0 saturated carbocycles. The first-order valence-corrected chi connectivity index (χ1v) is 10.5. The molecular formula is C20H14BrFN12. The average molecular weight is 521 g/mol. The van der Waals surface area contributed by atoms with Crippen LogP contribution in [0.15, 0.2) is 77.8 Å². The van der Waals surface area contributed by atoms with E-state index in [1.807, 2.05) is 30.5 Å². The van der Waals surface area contributed by atoms with E-state index in [2.05, 4.69) is 67.4 Å². The third kappa shape index (κ3) is 4.75. The molecule has 12 nitrogen and oxygen atoms in total. The van der Waals surface area contributed by atoms with Gasteiger partial charge in [0.05, 0.1) is 34.9 Å². The highest BCUT2D eigenvalue weighted by Gasteiger charge is 2.08. The van der Waals surface area contributed by atoms with Gasteiger partial charge in [0.2, 0.25) is 11.6 Å². The Morgan fingerprint density at radius 1 is 0.676 bits per heavy atom. The highest BCUT2D eigenvalue weighted by atomic mass is 79.9. The van der Waals surface area contributed by atoms with E-state index in [9.17, 15) is 4.39 Å². The second kappa shape index (κ2) is 9.50. The minimum absolute atomic E-state index is 0.278. The van der Waals surface area contributed by atoms with Crippen LogP contribution in [0.4, 0.5) is 4.39 Å². The molecular weight excluding hydrogens is 507 g/mol. The van der Waals surface area contributed by atoms with Crippen molar-refractivity contribution in [1.82, 2.24) is 60.8 Å². The zero-order valence-electron chi connectivity index (χ0n) is 17.2. The van der Waals surface area contributed by atoms with Gasteiger partial charge in [-0.25, -0.2) is 13.8 Å². The van der Waals surface area contributed by atoms with Gasteiger partial charge >= 0.3 is 0 Å². The van der Waals surface area contributed by atoms with Crippen molar-refractivity contribution in [2.75, 3.05) is 0 Å². The number of aromatic amines is 2. The van der Waals surface area contributed by atoms with Gasteiger partial charge in [0.15, 0.2) is 0 Å². The third-order valence-electron chi connectivity index (χ3n) is 4.55. The van der Waals surface area contributed by atoms with Crippen LogP contribution in [-0.4, -0.2) is 60.8 Å². The fourth-order valence-electron chi connectivity index (χ4n) is 2.91. The van der Waals surface area contributed by atoms with Crippen molar-refractivity contribution >= 4 is 15.9 Å². The molecule has 2 aromatic carbocycles. The number of hydrogen-bond acceptors (Lipinski definition) is 8. The van der Waals surface area contributed by atoms with Crippen molar-refractivity contribution in [3.8, 4) is 34.2 Å². The molecule has 0 saturated heterocycles. The smallest absolute Gasteiger partial charge is 0.207 e. The lowest BCUT2D eigenvalue weighted by molar-refractivity contribution is 0.627. The number of nitrogens with one attached hydrogen (secondary N) is 2. The van der Waals surface area contributed by atoms with Crippen molar-refractivity contribution < 1.29 is 4.39 Å². The van der Waals surface area contributed by atoms with Crippen molar-refractivity contribution in [1.29, 1.82) is 0 Å². The summed E-state index contributed by atoms with van der Waals surface area (Å²) in [5, 5.41) is 35.7. The summed E-state index contributed by atoms with van der Waals surface area (Å²) in [6.07, 6.45) is 6.92. The average Bonchev–Trinajstić information content (AvgIpc) is 3.66. The number of benzene rings is 2. The molecule has 0 aliphatic carbocycles. The van der Waals surface area contributed by atoms with Crippen molar-refractivity contribution in [2.45, 2.75) is 0 Å². The minimum atomic E-state index is -0.278. The fraction of sp³-hybridized carbons (Fsp3) is 0. The Bertz CT molecular complexity index is 1340. The second-order valence-corrected chi connectivity index (χ2v) is 7.69. The predicted octanol–water partition coefficient (Wildman–Crippen LogP) is 3.01. The molecule has 0 bridgehead atoms. The molecule has 4 aromatic heterocycles. The number of hydrogen-bond donors (Lipinski definition) is 2. The maximum absolute atomic E-state index is 12.8. The molecule has 6 rings (SSSR count). The molecule has 0 fully saturated rings. The number of H-pyrrole nitrogens is 2. The molecule has 6 aromatic rings. The van der Waals surface area contributed by atoms with Gasteiger partial charge in [0.25, 0.3) is 0 Å². The van der Waals surface area contributed by atoms with Crippen LogP contribution >= 0.6 is 15.9 Å². The van der Waals surface area contributed by atoms with E-state index in [0.717, 1.165) is 27.0 Å². The Morgan fingerprint density at radius 3 is 1.59 bits per heavy atom. The summed E-state index contributed by atoms with van der Waals surface area (Å²) in [6.45, 7) is 0. The van der Waals surface area contributed by atoms with E-state index >= 15 is 0 Å². The number of tetrazole rings is 2. The topological polar surface area (TPSA) is 145 Å². The second-order valence-electron chi connectivity index (χ2n) is 6.77. The Kier molecular flexibility index (Phi) is 5.94. The highest BCUT2D eigenvalue weighted by Crippen LogP contribution is 2.17. The molecule has 0 aliphatic heterocycles. The maximum atomic E-state index is 12.8. The van der Waals surface area contributed by atoms with Gasteiger partial charge < -0.3 is 0 Å². The van der Waals surface area contributed by atoms with Gasteiger partial charge in [-0.05, 0) is 59.0 Å². The number of rotatable bonds is 4. The first-order chi connectivity index (χ1) is 16.7. The summed E-state index contributed by atoms with van der Waals surface area (Å²) in [6, 6.07) is 13.9. The lowest BCUT2D eigenvalue weighted by atomic mass is 10.3. The van der Waals surface area contributed by atoms with Gasteiger partial charge in [0.1, 0.15) is 5.82 Å². The molecule has 2 N–H and O–H groups in total. The van der Waals surface area contributed by atoms with Crippen molar-refractivity contribution in [3.05, 3.63) is 83.6 Å². The maximum Gasteiger partial charge on any atom is 0.207 e. The lowest BCUT2D eigenvalue weighted by Gasteiger charge is -1.99. The van der Waals surface area contributed by atoms with E-state index in [1.54, 1.807) is 40.1 Å². The molecule has 34 heavy (non-hydrogen) atoms. The molecule has 14 heteroatoms. The summed E-state index contributed by atoms with van der Waals surface area (Å²) in [7, 11) is 0. The largest absolute Gasteiger partial charge is 0.240 e. The summed E-state index contributed by atoms with van der Waals surface area (Å²) < 4.78 is 17.2. The Balaban J connectivity index is 0.000000142. The highest BCUT2D eigenvalue weighted by molar-refractivity contribution is 9.10. The van der Waals surface area contributed by atoms with Gasteiger partial charge in [-0.1, -0.05) is 15.9 Å². The summed E-state index contributed by atoms with van der Waals surface area (Å²) >= 11 is 3.39. The summed E-state index contributed by atoms with van der Waals surface area (Å²) in [5.74, 6) is 0.728. The van der Waals surface area contributed by atoms with Crippen LogP contribution in [-0.2, 0) is 0 Å². The third-order valence-corrected chi connectivity index (χ3v) is 5.08. The Morgan fingerprint density at radius 2 is 1.15 bits per heavy atom. The van der Waals surface area contributed by atoms with Crippen LogP contribution in [0.3, 0.4) is 0 Å². The first-order valence-electron chi connectivity index (χ1n) is 9.74. The van der Waals surface area contributed by atoms with E-state index in [4.69, 9.17) is 0 Å². The van der Waals surface area contributed by atoms with Crippen LogP contribution < -0.4 is 0 Å². The van der Waals surface area contributed by atoms with Crippen molar-refractivity contribution in [2.24, 2.45) is 0 Å². The van der Waals surface area contributed by atoms with E-state index in [0.29, 0.717) is 11.6 Å². The predicted molar refractivity (Wildman–Crippen MR) is 121 cm³/mol. The standard InChI is InChI=1S/C10H7BrN6.C10H7FN6/c2*11-8-1-3-9(4-2-8)17-6-7(5-12-17)10-13-15-16-14-10/h2*1-6H,(H,13,14,15,16). The summed E-state index contributed by atoms with van der Waals surface area (Å²) in [5.41, 5.74) is 3.30. The number of aromatic nitrogens is 12. The van der Waals surface area contributed by atoms with Crippen LogP contribution in [0, 0.1) is 5.82 Å². The van der Waals surface area contributed by atoms with Gasteiger partial charge in [-0.2, -0.15) is 20.6 Å². The molecule has 168 valence electrons. The van der Waals surface area contributed by atoms with E-state index < -0.39 is 0 Å². The Hall–Kier alpha value is -4.59. The Labute approximate surface area is 199 Å². The summed E-state index contributed by atoms with van der Waals surface area (Å²) in [4.78, 5) is 0. The normalized spacial score (nSPS) is 10.6. The van der Waals surface area contributed by atoms with Gasteiger partial charge in [0, 0.05) is 16.9 Å². The molecule has 0 radical (unpaired) electrons. The molecule has 0 unspecified atom stereocenters. The zero-order valence-corrected chi connectivity index (χ0v) is 18.7. The number of halogens is 2. The fourth-order valence-corrected chi connectivity index (χ4v) is 3.18. The first kappa shape index (κ1) is 21.3. The van der Waals surface area contributed by atoms with Crippen LogP contribution in [0.25, 0.3) is 34.2 Å². The molecule has 4 heterocycles. The van der Waals surface area contributed by atoms with E-state index in [1.165, 1.54) is 12.1 Å². The van der Waals surface area contributed by atoms with Crippen LogP contribution in [0.1, 0.15) is 0 Å². The van der Waals surface area contributed by atoms with E-state index in [-0.39, 0.29) is 5.82 Å². The molecule has 0 spiro atoms. The van der Waals surface area contributed by atoms with Crippen molar-refractivity contribution in [3.63, 3.8) is 0 Å². The van der Waals surface area contributed by atoms with Gasteiger partial charge in [-0.3, -0.25) is 0 Å². The quantitative estimate of drug-likeness (QED) is 0.360. The van der Waals surface area contributed by atoms with Gasteiger partial charge in [-0.15, -0.1) is 20.4 Å². The lowest BCUT2D eigenvalue weighted by Crippen LogP contribution is -1.93. The minimum Gasteiger partial charge on any atom is -0.240 e. The monoisotopic (exact) mass is 520 g/mol. The number of nitrogens with zero attached hydrogens (tertiary/aromatic N) is 10. The van der Waals surface area contributed by atoms with Crippen LogP contribution in [0.5, 0.6) is 0 Å². The molecule has 0 amide bonds. The zero-order chi connectivity index (χ0) is 23.3.